The molecule has 0 spiro atoms. The van der Waals surface area contributed by atoms with Gasteiger partial charge < -0.3 is 10.4 Å². The first-order valence-electron chi connectivity index (χ1n) is 6.27. The summed E-state index contributed by atoms with van der Waals surface area (Å²) < 4.78 is 0. The SMILES string of the molecule is Cc1ccc(NCCC(C)(C)CCC(=O)O)nc1. The molecular formula is C14H22N2O2. The molecule has 0 radical (unpaired) electrons. The van der Waals surface area contributed by atoms with E-state index in [1.165, 1.54) is 0 Å². The second-order valence-electron chi connectivity index (χ2n) is 5.46. The van der Waals surface area contributed by atoms with Gasteiger partial charge in [-0.1, -0.05) is 19.9 Å². The second-order valence-corrected chi connectivity index (χ2v) is 5.46. The van der Waals surface area contributed by atoms with Gasteiger partial charge in [0.05, 0.1) is 0 Å². The maximum Gasteiger partial charge on any atom is 0.303 e. The molecule has 0 aliphatic heterocycles. The van der Waals surface area contributed by atoms with Crippen molar-refractivity contribution >= 4 is 11.8 Å². The summed E-state index contributed by atoms with van der Waals surface area (Å²) in [6.07, 6.45) is 3.69. The quantitative estimate of drug-likeness (QED) is 0.780. The number of aromatic nitrogens is 1. The third kappa shape index (κ3) is 5.66. The molecule has 0 aromatic carbocycles. The van der Waals surface area contributed by atoms with E-state index in [-0.39, 0.29) is 11.8 Å². The van der Waals surface area contributed by atoms with E-state index in [4.69, 9.17) is 5.11 Å². The van der Waals surface area contributed by atoms with Crippen LogP contribution in [0.1, 0.15) is 38.7 Å². The number of aliphatic carboxylic acids is 1. The molecule has 0 amide bonds. The highest BCUT2D eigenvalue weighted by Crippen LogP contribution is 2.26. The molecule has 0 bridgehead atoms. The maximum absolute atomic E-state index is 10.5. The van der Waals surface area contributed by atoms with E-state index in [0.717, 1.165) is 24.3 Å². The Morgan fingerprint density at radius 1 is 1.39 bits per heavy atom. The van der Waals surface area contributed by atoms with Gasteiger partial charge in [-0.25, -0.2) is 4.98 Å². The van der Waals surface area contributed by atoms with Crippen molar-refractivity contribution in [3.63, 3.8) is 0 Å². The number of nitrogens with zero attached hydrogens (tertiary/aromatic N) is 1. The average molecular weight is 250 g/mol. The minimum Gasteiger partial charge on any atom is -0.481 e. The average Bonchev–Trinajstić information content (AvgIpc) is 2.29. The highest BCUT2D eigenvalue weighted by Gasteiger charge is 2.18. The van der Waals surface area contributed by atoms with Crippen LogP contribution in [0.15, 0.2) is 18.3 Å². The van der Waals surface area contributed by atoms with E-state index in [1.54, 1.807) is 0 Å². The molecule has 2 N–H and O–H groups in total. The Labute approximate surface area is 108 Å². The van der Waals surface area contributed by atoms with Crippen LogP contribution < -0.4 is 5.32 Å². The van der Waals surface area contributed by atoms with Crippen molar-refractivity contribution < 1.29 is 9.90 Å². The van der Waals surface area contributed by atoms with E-state index < -0.39 is 5.97 Å². The lowest BCUT2D eigenvalue weighted by Gasteiger charge is -2.23. The van der Waals surface area contributed by atoms with Gasteiger partial charge >= 0.3 is 5.97 Å². The van der Waals surface area contributed by atoms with E-state index in [2.05, 4.69) is 24.1 Å². The molecule has 4 heteroatoms. The molecular weight excluding hydrogens is 228 g/mol. The number of aryl methyl sites for hydroxylation is 1. The summed E-state index contributed by atoms with van der Waals surface area (Å²) in [5.41, 5.74) is 1.18. The van der Waals surface area contributed by atoms with Crippen molar-refractivity contribution in [2.75, 3.05) is 11.9 Å². The number of rotatable bonds is 7. The molecule has 0 saturated heterocycles. The number of hydrogen-bond acceptors (Lipinski definition) is 3. The molecule has 1 heterocycles. The standard InChI is InChI=1S/C14H22N2O2/c1-11-4-5-12(16-10-11)15-9-8-14(2,3)7-6-13(17)18/h4-5,10H,6-9H2,1-3H3,(H,15,16)(H,17,18). The predicted molar refractivity (Wildman–Crippen MR) is 72.7 cm³/mol. The van der Waals surface area contributed by atoms with Gasteiger partial charge in [0, 0.05) is 19.2 Å². The van der Waals surface area contributed by atoms with Crippen LogP contribution in [0.25, 0.3) is 0 Å². The minimum absolute atomic E-state index is 0.0378. The molecule has 0 fully saturated rings. The molecule has 4 nitrogen and oxygen atoms in total. The van der Waals surface area contributed by atoms with E-state index in [0.29, 0.717) is 6.42 Å². The Morgan fingerprint density at radius 3 is 2.67 bits per heavy atom. The van der Waals surface area contributed by atoms with Gasteiger partial charge in [0.1, 0.15) is 5.82 Å². The van der Waals surface area contributed by atoms with E-state index >= 15 is 0 Å². The maximum atomic E-state index is 10.5. The number of carboxylic acid groups (broad SMARTS) is 1. The fourth-order valence-corrected chi connectivity index (χ4v) is 1.67. The summed E-state index contributed by atoms with van der Waals surface area (Å²) in [7, 11) is 0. The van der Waals surface area contributed by atoms with Gasteiger partial charge in [0.2, 0.25) is 0 Å². The Kier molecular flexibility index (Phi) is 5.13. The molecule has 18 heavy (non-hydrogen) atoms. The zero-order valence-corrected chi connectivity index (χ0v) is 11.4. The number of anilines is 1. The van der Waals surface area contributed by atoms with E-state index in [1.807, 2.05) is 25.3 Å². The number of pyridine rings is 1. The number of carbonyl (C=O) groups is 1. The fraction of sp³-hybridized carbons (Fsp3) is 0.571. The number of hydrogen-bond donors (Lipinski definition) is 2. The van der Waals surface area contributed by atoms with Crippen molar-refractivity contribution in [3.05, 3.63) is 23.9 Å². The first kappa shape index (κ1) is 14.5. The Balaban J connectivity index is 2.31. The van der Waals surface area contributed by atoms with Gasteiger partial charge in [-0.3, -0.25) is 4.79 Å². The van der Waals surface area contributed by atoms with Crippen LogP contribution >= 0.6 is 0 Å². The summed E-state index contributed by atoms with van der Waals surface area (Å²) in [6, 6.07) is 3.98. The largest absolute Gasteiger partial charge is 0.481 e. The summed E-state index contributed by atoms with van der Waals surface area (Å²) in [4.78, 5) is 14.8. The topological polar surface area (TPSA) is 62.2 Å². The van der Waals surface area contributed by atoms with Crippen LogP contribution in [0.4, 0.5) is 5.82 Å². The van der Waals surface area contributed by atoms with Crippen LogP contribution in [-0.2, 0) is 4.79 Å². The molecule has 0 aliphatic carbocycles. The highest BCUT2D eigenvalue weighted by molar-refractivity contribution is 5.66. The zero-order valence-electron chi connectivity index (χ0n) is 11.4. The lowest BCUT2D eigenvalue weighted by Crippen LogP contribution is -2.18. The van der Waals surface area contributed by atoms with Crippen molar-refractivity contribution in [2.45, 2.75) is 40.0 Å². The Morgan fingerprint density at radius 2 is 2.11 bits per heavy atom. The summed E-state index contributed by atoms with van der Waals surface area (Å²) >= 11 is 0. The van der Waals surface area contributed by atoms with Crippen molar-refractivity contribution in [1.82, 2.24) is 4.98 Å². The monoisotopic (exact) mass is 250 g/mol. The lowest BCUT2D eigenvalue weighted by atomic mass is 9.84. The van der Waals surface area contributed by atoms with E-state index in [9.17, 15) is 4.79 Å². The molecule has 0 atom stereocenters. The number of nitrogens with one attached hydrogen (secondary N) is 1. The minimum atomic E-state index is -0.726. The molecule has 1 aromatic rings. The summed E-state index contributed by atoms with van der Waals surface area (Å²) in [5.74, 6) is 0.144. The normalized spacial score (nSPS) is 11.3. The van der Waals surface area contributed by atoms with Gasteiger partial charge in [-0.15, -0.1) is 0 Å². The second kappa shape index (κ2) is 6.38. The van der Waals surface area contributed by atoms with Gasteiger partial charge in [-0.2, -0.15) is 0 Å². The fourth-order valence-electron chi connectivity index (χ4n) is 1.67. The summed E-state index contributed by atoms with van der Waals surface area (Å²) in [6.45, 7) is 7.01. The Hall–Kier alpha value is -1.58. The molecule has 1 aromatic heterocycles. The van der Waals surface area contributed by atoms with Crippen LogP contribution in [0.3, 0.4) is 0 Å². The molecule has 0 unspecified atom stereocenters. The van der Waals surface area contributed by atoms with Crippen molar-refractivity contribution in [1.29, 1.82) is 0 Å². The molecule has 100 valence electrons. The first-order valence-corrected chi connectivity index (χ1v) is 6.27. The lowest BCUT2D eigenvalue weighted by molar-refractivity contribution is -0.137. The van der Waals surface area contributed by atoms with Crippen LogP contribution in [0.2, 0.25) is 0 Å². The molecule has 1 rings (SSSR count). The van der Waals surface area contributed by atoms with Crippen LogP contribution in [-0.4, -0.2) is 22.6 Å². The smallest absolute Gasteiger partial charge is 0.303 e. The highest BCUT2D eigenvalue weighted by atomic mass is 16.4. The Bertz CT molecular complexity index is 385. The molecule has 0 aliphatic rings. The van der Waals surface area contributed by atoms with Gasteiger partial charge in [0.25, 0.3) is 0 Å². The van der Waals surface area contributed by atoms with Gasteiger partial charge in [-0.05, 0) is 36.8 Å². The van der Waals surface area contributed by atoms with Gasteiger partial charge in [0.15, 0.2) is 0 Å². The third-order valence-corrected chi connectivity index (χ3v) is 3.03. The van der Waals surface area contributed by atoms with Crippen LogP contribution in [0.5, 0.6) is 0 Å². The predicted octanol–water partition coefficient (Wildman–Crippen LogP) is 3.08. The number of carboxylic acids is 1. The third-order valence-electron chi connectivity index (χ3n) is 3.03. The summed E-state index contributed by atoms with van der Waals surface area (Å²) in [5, 5.41) is 11.9. The van der Waals surface area contributed by atoms with Crippen molar-refractivity contribution in [2.24, 2.45) is 5.41 Å². The van der Waals surface area contributed by atoms with Crippen LogP contribution in [0, 0.1) is 12.3 Å². The zero-order chi connectivity index (χ0) is 13.6. The molecule has 0 saturated carbocycles. The first-order chi connectivity index (χ1) is 8.39. The van der Waals surface area contributed by atoms with Crippen molar-refractivity contribution in [3.8, 4) is 0 Å².